The first-order valence-electron chi connectivity index (χ1n) is 9.93. The number of aryl methyl sites for hydroxylation is 1. The SMILES string of the molecule is Cc1cnc(NC(=O)C(=NOC(C)c2ncccn2)c2ccc(S(=O)(=O)C3CC3)cc2)s1. The third-order valence-corrected chi connectivity index (χ3v) is 7.83. The summed E-state index contributed by atoms with van der Waals surface area (Å²) >= 11 is 1.33. The van der Waals surface area contributed by atoms with Gasteiger partial charge in [-0.15, -0.1) is 11.3 Å². The molecule has 2 heterocycles. The second-order valence-electron chi connectivity index (χ2n) is 7.29. The van der Waals surface area contributed by atoms with Crippen LogP contribution in [0.3, 0.4) is 0 Å². The highest BCUT2D eigenvalue weighted by Gasteiger charge is 2.36. The lowest BCUT2D eigenvalue weighted by atomic mass is 10.1. The molecular weight excluding hydrogens is 450 g/mol. The Morgan fingerprint density at radius 2 is 1.88 bits per heavy atom. The number of hydrogen-bond donors (Lipinski definition) is 1. The van der Waals surface area contributed by atoms with E-state index in [4.69, 9.17) is 4.84 Å². The average Bonchev–Trinajstić information content (AvgIpc) is 3.58. The number of benzene rings is 1. The van der Waals surface area contributed by atoms with E-state index in [0.29, 0.717) is 29.4 Å². The summed E-state index contributed by atoms with van der Waals surface area (Å²) in [6.07, 6.45) is 5.59. The Morgan fingerprint density at radius 3 is 2.47 bits per heavy atom. The molecule has 0 bridgehead atoms. The second kappa shape index (κ2) is 9.13. The van der Waals surface area contributed by atoms with Gasteiger partial charge in [0.2, 0.25) is 0 Å². The number of aromatic nitrogens is 3. The Kier molecular flexibility index (Phi) is 6.28. The Balaban J connectivity index is 1.61. The minimum Gasteiger partial charge on any atom is -0.384 e. The van der Waals surface area contributed by atoms with Crippen LogP contribution in [0.15, 0.2) is 59.0 Å². The Labute approximate surface area is 189 Å². The topological polar surface area (TPSA) is 124 Å². The fourth-order valence-corrected chi connectivity index (χ4v) is 5.18. The van der Waals surface area contributed by atoms with Crippen LogP contribution in [-0.2, 0) is 19.5 Å². The molecule has 0 aliphatic heterocycles. The van der Waals surface area contributed by atoms with Crippen LogP contribution >= 0.6 is 11.3 Å². The minimum absolute atomic E-state index is 0.0176. The number of carbonyl (C=O) groups is 1. The van der Waals surface area contributed by atoms with Gasteiger partial charge in [0.1, 0.15) is 0 Å². The van der Waals surface area contributed by atoms with Gasteiger partial charge >= 0.3 is 0 Å². The van der Waals surface area contributed by atoms with Crippen molar-refractivity contribution in [3.8, 4) is 0 Å². The number of carbonyl (C=O) groups excluding carboxylic acids is 1. The molecule has 1 saturated carbocycles. The van der Waals surface area contributed by atoms with Gasteiger partial charge in [-0.1, -0.05) is 17.3 Å². The van der Waals surface area contributed by atoms with Gasteiger partial charge in [-0.25, -0.2) is 23.4 Å². The molecule has 166 valence electrons. The van der Waals surface area contributed by atoms with Crippen molar-refractivity contribution in [2.24, 2.45) is 5.16 Å². The van der Waals surface area contributed by atoms with Gasteiger partial charge in [0.25, 0.3) is 5.91 Å². The van der Waals surface area contributed by atoms with Crippen molar-refractivity contribution in [1.82, 2.24) is 15.0 Å². The minimum atomic E-state index is -3.33. The summed E-state index contributed by atoms with van der Waals surface area (Å²) < 4.78 is 24.9. The van der Waals surface area contributed by atoms with E-state index in [1.807, 2.05) is 6.92 Å². The van der Waals surface area contributed by atoms with Crippen molar-refractivity contribution < 1.29 is 18.0 Å². The zero-order valence-electron chi connectivity index (χ0n) is 17.4. The number of hydrogen-bond acceptors (Lipinski definition) is 9. The van der Waals surface area contributed by atoms with Crippen molar-refractivity contribution >= 4 is 37.9 Å². The third kappa shape index (κ3) is 5.00. The van der Waals surface area contributed by atoms with Crippen molar-refractivity contribution in [1.29, 1.82) is 0 Å². The average molecular weight is 472 g/mol. The maximum Gasteiger partial charge on any atom is 0.280 e. The molecule has 4 rings (SSSR count). The summed E-state index contributed by atoms with van der Waals surface area (Å²) in [7, 11) is -3.33. The smallest absolute Gasteiger partial charge is 0.280 e. The Bertz CT molecular complexity index is 1240. The predicted octanol–water partition coefficient (Wildman–Crippen LogP) is 3.30. The van der Waals surface area contributed by atoms with E-state index >= 15 is 0 Å². The highest BCUT2D eigenvalue weighted by atomic mass is 32.2. The molecule has 1 fully saturated rings. The fourth-order valence-electron chi connectivity index (χ4n) is 2.87. The highest BCUT2D eigenvalue weighted by molar-refractivity contribution is 7.92. The number of rotatable bonds is 8. The van der Waals surface area contributed by atoms with E-state index in [2.05, 4.69) is 25.4 Å². The van der Waals surface area contributed by atoms with E-state index in [1.165, 1.54) is 23.5 Å². The van der Waals surface area contributed by atoms with Gasteiger partial charge in [0, 0.05) is 29.0 Å². The van der Waals surface area contributed by atoms with Crippen LogP contribution in [-0.4, -0.2) is 40.2 Å². The molecule has 2 aromatic heterocycles. The quantitative estimate of drug-likeness (QED) is 0.395. The molecule has 0 spiro atoms. The summed E-state index contributed by atoms with van der Waals surface area (Å²) in [5, 5.41) is 6.88. The molecule has 1 amide bonds. The molecule has 0 saturated heterocycles. The first-order chi connectivity index (χ1) is 15.3. The van der Waals surface area contributed by atoms with Gasteiger partial charge in [-0.3, -0.25) is 10.1 Å². The van der Waals surface area contributed by atoms with Crippen molar-refractivity contribution in [3.05, 3.63) is 65.2 Å². The number of thiazole rings is 1. The summed E-state index contributed by atoms with van der Waals surface area (Å²) in [6, 6.07) is 7.76. The van der Waals surface area contributed by atoms with Gasteiger partial charge in [0.05, 0.1) is 10.1 Å². The number of anilines is 1. The number of amides is 1. The first-order valence-corrected chi connectivity index (χ1v) is 12.3. The zero-order valence-corrected chi connectivity index (χ0v) is 19.1. The van der Waals surface area contributed by atoms with Crippen LogP contribution in [0.5, 0.6) is 0 Å². The zero-order chi connectivity index (χ0) is 22.7. The number of sulfone groups is 1. The van der Waals surface area contributed by atoms with Crippen LogP contribution in [0.4, 0.5) is 5.13 Å². The van der Waals surface area contributed by atoms with Gasteiger partial charge in [-0.05, 0) is 44.9 Å². The fraction of sp³-hybridized carbons (Fsp3) is 0.286. The molecule has 3 aromatic rings. The van der Waals surface area contributed by atoms with Crippen LogP contribution in [0.1, 0.15) is 42.1 Å². The molecule has 1 aliphatic rings. The molecule has 1 aromatic carbocycles. The van der Waals surface area contributed by atoms with Gasteiger partial charge in [-0.2, -0.15) is 0 Å². The molecule has 11 heteroatoms. The predicted molar refractivity (Wildman–Crippen MR) is 120 cm³/mol. The van der Waals surface area contributed by atoms with E-state index in [-0.39, 0.29) is 15.9 Å². The summed E-state index contributed by atoms with van der Waals surface area (Å²) in [5.41, 5.74) is 0.391. The summed E-state index contributed by atoms with van der Waals surface area (Å²) in [6.45, 7) is 3.59. The van der Waals surface area contributed by atoms with Crippen molar-refractivity contribution in [2.75, 3.05) is 5.32 Å². The molecule has 0 radical (unpaired) electrons. The van der Waals surface area contributed by atoms with E-state index in [9.17, 15) is 13.2 Å². The second-order valence-corrected chi connectivity index (χ2v) is 10.8. The van der Waals surface area contributed by atoms with Crippen LogP contribution in [0.2, 0.25) is 0 Å². The Hall–Kier alpha value is -3.18. The molecule has 1 atom stereocenters. The normalized spacial score (nSPS) is 15.2. The lowest BCUT2D eigenvalue weighted by molar-refractivity contribution is -0.110. The van der Waals surface area contributed by atoms with Crippen LogP contribution in [0, 0.1) is 6.92 Å². The maximum atomic E-state index is 13.0. The third-order valence-electron chi connectivity index (χ3n) is 4.73. The summed E-state index contributed by atoms with van der Waals surface area (Å²) in [5.74, 6) is -0.115. The molecule has 1 aliphatic carbocycles. The standard InChI is InChI=1S/C21H21N5O4S2/c1-13-12-24-21(31-13)25-20(27)18(26-30-14(2)19-22-10-3-11-23-19)15-4-6-16(7-5-15)32(28,29)17-8-9-17/h3-7,10-12,14,17H,8-9H2,1-2H3,(H,24,25,27). The Morgan fingerprint density at radius 1 is 1.19 bits per heavy atom. The molecule has 1 N–H and O–H groups in total. The van der Waals surface area contributed by atoms with Crippen molar-refractivity contribution in [2.45, 2.75) is 42.9 Å². The van der Waals surface area contributed by atoms with Gasteiger partial charge < -0.3 is 4.84 Å². The molecule has 1 unspecified atom stereocenters. The number of nitrogens with one attached hydrogen (secondary N) is 1. The van der Waals surface area contributed by atoms with E-state index in [1.54, 1.807) is 43.7 Å². The molecule has 32 heavy (non-hydrogen) atoms. The monoisotopic (exact) mass is 471 g/mol. The largest absolute Gasteiger partial charge is 0.384 e. The van der Waals surface area contributed by atoms with Crippen LogP contribution in [0.25, 0.3) is 0 Å². The number of nitrogens with zero attached hydrogens (tertiary/aromatic N) is 4. The first kappa shape index (κ1) is 22.0. The lowest BCUT2D eigenvalue weighted by Gasteiger charge is -2.11. The number of oxime groups is 1. The summed E-state index contributed by atoms with van der Waals surface area (Å²) in [4.78, 5) is 32.0. The van der Waals surface area contributed by atoms with Crippen molar-refractivity contribution in [3.63, 3.8) is 0 Å². The van der Waals surface area contributed by atoms with E-state index in [0.717, 1.165) is 4.88 Å². The lowest BCUT2D eigenvalue weighted by Crippen LogP contribution is -2.24. The van der Waals surface area contributed by atoms with E-state index < -0.39 is 21.8 Å². The molecule has 9 nitrogen and oxygen atoms in total. The maximum absolute atomic E-state index is 13.0. The highest BCUT2D eigenvalue weighted by Crippen LogP contribution is 2.33. The van der Waals surface area contributed by atoms with Gasteiger partial charge in [0.15, 0.2) is 32.6 Å². The van der Waals surface area contributed by atoms with Crippen LogP contribution < -0.4 is 5.32 Å². The molecular formula is C21H21N5O4S2.